The monoisotopic (exact) mass is 416 g/mol. The average Bonchev–Trinajstić information content (AvgIpc) is 2.57. The summed E-state index contributed by atoms with van der Waals surface area (Å²) in [6, 6.07) is 19.4. The Hall–Kier alpha value is -2.35. The third kappa shape index (κ3) is 12.7. The molecule has 6 nitrogen and oxygen atoms in total. The molecule has 0 aliphatic rings. The standard InChI is InChI=1S/2C8H9N3S.Ni/c2*9-8(12)11-10-6-7-4-2-1-3-5-7;/h2*1-6H,(H3,9,11,12);. The van der Waals surface area contributed by atoms with E-state index >= 15 is 0 Å². The van der Waals surface area contributed by atoms with E-state index in [0.29, 0.717) is 0 Å². The minimum Gasteiger partial charge on any atom is -0.375 e. The van der Waals surface area contributed by atoms with Gasteiger partial charge in [0.25, 0.3) is 0 Å². The molecular weight excluding hydrogens is 399 g/mol. The molecule has 0 saturated heterocycles. The Morgan fingerprint density at radius 2 is 1.04 bits per heavy atom. The zero-order valence-corrected chi connectivity index (χ0v) is 15.7. The largest absolute Gasteiger partial charge is 0.375 e. The van der Waals surface area contributed by atoms with E-state index in [9.17, 15) is 0 Å². The molecule has 2 aromatic rings. The summed E-state index contributed by atoms with van der Waals surface area (Å²) in [5, 5.41) is 7.94. The molecule has 0 heterocycles. The van der Waals surface area contributed by atoms with Gasteiger partial charge < -0.3 is 11.5 Å². The van der Waals surface area contributed by atoms with Crippen molar-refractivity contribution in [2.45, 2.75) is 0 Å². The molecular formula is C16H18N6NiS2. The Bertz CT molecular complexity index is 631. The zero-order valence-electron chi connectivity index (χ0n) is 13.1. The summed E-state index contributed by atoms with van der Waals surface area (Å²) >= 11 is 9.13. The zero-order chi connectivity index (χ0) is 17.6. The normalized spacial score (nSPS) is 9.60. The Kier molecular flexibility index (Phi) is 12.7. The average molecular weight is 417 g/mol. The number of hydrogen-bond acceptors (Lipinski definition) is 4. The molecule has 0 amide bonds. The van der Waals surface area contributed by atoms with Gasteiger partial charge in [0, 0.05) is 16.5 Å². The van der Waals surface area contributed by atoms with E-state index in [1.165, 1.54) is 0 Å². The number of hydrogen-bond donors (Lipinski definition) is 4. The topological polar surface area (TPSA) is 101 Å². The van der Waals surface area contributed by atoms with Crippen LogP contribution in [0.25, 0.3) is 0 Å². The van der Waals surface area contributed by atoms with Crippen LogP contribution in [0, 0.1) is 0 Å². The van der Waals surface area contributed by atoms with Crippen LogP contribution < -0.4 is 22.3 Å². The summed E-state index contributed by atoms with van der Waals surface area (Å²) in [4.78, 5) is 0. The van der Waals surface area contributed by atoms with Crippen LogP contribution in [0.3, 0.4) is 0 Å². The van der Waals surface area contributed by atoms with Gasteiger partial charge in [-0.15, -0.1) is 0 Å². The Labute approximate surface area is 167 Å². The third-order valence-corrected chi connectivity index (χ3v) is 2.56. The minimum absolute atomic E-state index is 0. The van der Waals surface area contributed by atoms with E-state index in [0.717, 1.165) is 11.1 Å². The van der Waals surface area contributed by atoms with E-state index in [2.05, 4.69) is 45.5 Å². The predicted octanol–water partition coefficient (Wildman–Crippen LogP) is 1.70. The summed E-state index contributed by atoms with van der Waals surface area (Å²) in [7, 11) is 0. The molecule has 0 aliphatic carbocycles. The summed E-state index contributed by atoms with van der Waals surface area (Å²) < 4.78 is 0. The van der Waals surface area contributed by atoms with Crippen LogP contribution in [0.5, 0.6) is 0 Å². The van der Waals surface area contributed by atoms with Crippen LogP contribution in [0.15, 0.2) is 70.9 Å². The first-order chi connectivity index (χ1) is 11.6. The number of nitrogens with one attached hydrogen (secondary N) is 2. The SMILES string of the molecule is NC(=S)NN=Cc1ccccc1.NC(=S)NN=Cc1ccccc1.[Ni]. The maximum atomic E-state index is 5.16. The van der Waals surface area contributed by atoms with Gasteiger partial charge in [-0.05, 0) is 35.6 Å². The summed E-state index contributed by atoms with van der Waals surface area (Å²) in [6.07, 6.45) is 3.30. The smallest absolute Gasteiger partial charge is 0.184 e. The molecule has 25 heavy (non-hydrogen) atoms. The van der Waals surface area contributed by atoms with Gasteiger partial charge in [-0.3, -0.25) is 10.9 Å². The van der Waals surface area contributed by atoms with Crippen molar-refractivity contribution >= 4 is 47.1 Å². The van der Waals surface area contributed by atoms with E-state index in [-0.39, 0.29) is 26.7 Å². The maximum Gasteiger partial charge on any atom is 0.184 e. The molecule has 9 heteroatoms. The van der Waals surface area contributed by atoms with Crippen LogP contribution in [0.2, 0.25) is 0 Å². The van der Waals surface area contributed by atoms with Crippen LogP contribution >= 0.6 is 24.4 Å². The van der Waals surface area contributed by atoms with E-state index < -0.39 is 0 Å². The number of hydrazone groups is 2. The van der Waals surface area contributed by atoms with Crippen molar-refractivity contribution in [3.63, 3.8) is 0 Å². The van der Waals surface area contributed by atoms with Crippen molar-refractivity contribution in [2.75, 3.05) is 0 Å². The number of benzene rings is 2. The Balaban J connectivity index is 0.000000443. The van der Waals surface area contributed by atoms with Gasteiger partial charge in [0.15, 0.2) is 10.2 Å². The fraction of sp³-hybridized carbons (Fsp3) is 0. The van der Waals surface area contributed by atoms with Crippen molar-refractivity contribution in [1.29, 1.82) is 0 Å². The number of nitrogens with two attached hydrogens (primary N) is 2. The quantitative estimate of drug-likeness (QED) is 0.262. The molecule has 0 radical (unpaired) electrons. The van der Waals surface area contributed by atoms with Crippen LogP contribution in [0.1, 0.15) is 11.1 Å². The van der Waals surface area contributed by atoms with Gasteiger partial charge in [0.1, 0.15) is 0 Å². The summed E-state index contributed by atoms with van der Waals surface area (Å²) in [5.41, 5.74) is 17.3. The first-order valence-electron chi connectivity index (χ1n) is 6.85. The van der Waals surface area contributed by atoms with E-state index in [1.807, 2.05) is 60.7 Å². The molecule has 0 aliphatic heterocycles. The van der Waals surface area contributed by atoms with Crippen molar-refractivity contribution in [1.82, 2.24) is 10.9 Å². The Morgan fingerprint density at radius 1 is 0.720 bits per heavy atom. The molecule has 0 bridgehead atoms. The Morgan fingerprint density at radius 3 is 1.32 bits per heavy atom. The molecule has 134 valence electrons. The molecule has 6 N–H and O–H groups in total. The van der Waals surface area contributed by atoms with Crippen LogP contribution in [0.4, 0.5) is 0 Å². The second-order valence-electron chi connectivity index (χ2n) is 4.29. The van der Waals surface area contributed by atoms with Gasteiger partial charge in [-0.1, -0.05) is 60.7 Å². The van der Waals surface area contributed by atoms with Crippen LogP contribution in [-0.2, 0) is 16.5 Å². The predicted molar refractivity (Wildman–Crippen MR) is 108 cm³/mol. The van der Waals surface area contributed by atoms with Crippen molar-refractivity contribution < 1.29 is 16.5 Å². The van der Waals surface area contributed by atoms with Crippen molar-refractivity contribution in [3.8, 4) is 0 Å². The maximum absolute atomic E-state index is 5.16. The second kappa shape index (κ2) is 14.0. The van der Waals surface area contributed by atoms with Gasteiger partial charge in [0.05, 0.1) is 12.4 Å². The van der Waals surface area contributed by atoms with Gasteiger partial charge in [-0.2, -0.15) is 10.2 Å². The van der Waals surface area contributed by atoms with Gasteiger partial charge >= 0.3 is 0 Å². The second-order valence-corrected chi connectivity index (χ2v) is 5.17. The number of rotatable bonds is 4. The molecule has 0 unspecified atom stereocenters. The number of thiocarbonyl (C=S) groups is 2. The first-order valence-corrected chi connectivity index (χ1v) is 7.66. The van der Waals surface area contributed by atoms with E-state index in [4.69, 9.17) is 11.5 Å². The summed E-state index contributed by atoms with van der Waals surface area (Å²) in [6.45, 7) is 0. The molecule has 2 aromatic carbocycles. The van der Waals surface area contributed by atoms with Crippen molar-refractivity contribution in [3.05, 3.63) is 71.8 Å². The minimum atomic E-state index is 0. The van der Waals surface area contributed by atoms with Crippen LogP contribution in [-0.4, -0.2) is 22.7 Å². The molecule has 0 atom stereocenters. The number of nitrogens with zero attached hydrogens (tertiary/aromatic N) is 2. The fourth-order valence-electron chi connectivity index (χ4n) is 1.42. The molecule has 0 saturated carbocycles. The van der Waals surface area contributed by atoms with Gasteiger partial charge in [0.2, 0.25) is 0 Å². The van der Waals surface area contributed by atoms with Crippen molar-refractivity contribution in [2.24, 2.45) is 21.7 Å². The third-order valence-electron chi connectivity index (χ3n) is 2.38. The molecule has 0 spiro atoms. The molecule has 2 rings (SSSR count). The molecule has 0 aromatic heterocycles. The van der Waals surface area contributed by atoms with Gasteiger partial charge in [-0.25, -0.2) is 0 Å². The summed E-state index contributed by atoms with van der Waals surface area (Å²) in [5.74, 6) is 0. The first kappa shape index (κ1) is 22.7. The molecule has 0 fully saturated rings. The fourth-order valence-corrected chi connectivity index (χ4v) is 1.52. The van der Waals surface area contributed by atoms with E-state index in [1.54, 1.807) is 12.4 Å².